The number of benzene rings is 1. The number of methoxy groups -OCH3 is 1. The van der Waals surface area contributed by atoms with E-state index in [2.05, 4.69) is 50.4 Å². The Morgan fingerprint density at radius 2 is 2.00 bits per heavy atom. The molecule has 118 valence electrons. The van der Waals surface area contributed by atoms with Gasteiger partial charge in [0.1, 0.15) is 0 Å². The summed E-state index contributed by atoms with van der Waals surface area (Å²) in [5.74, 6) is 0.443. The molecule has 1 fully saturated rings. The molecule has 2 rings (SSSR count). The van der Waals surface area contributed by atoms with Crippen molar-refractivity contribution in [3.63, 3.8) is 0 Å². The van der Waals surface area contributed by atoms with E-state index < -0.39 is 13.5 Å². The predicted octanol–water partition coefficient (Wildman–Crippen LogP) is 3.33. The number of nitrogens with zero attached hydrogens (tertiary/aromatic N) is 1. The molecule has 1 aromatic carbocycles. The Morgan fingerprint density at radius 1 is 1.36 bits per heavy atom. The molecule has 0 aromatic heterocycles. The Balaban J connectivity index is 2.18. The van der Waals surface area contributed by atoms with Gasteiger partial charge in [-0.15, -0.1) is 0 Å². The van der Waals surface area contributed by atoms with Crippen LogP contribution in [0.4, 0.5) is 0 Å². The normalized spacial score (nSPS) is 28.1. The number of hydrogen-bond donors (Lipinski definition) is 0. The van der Waals surface area contributed by atoms with E-state index >= 15 is 0 Å². The lowest BCUT2D eigenvalue weighted by atomic mass is 9.87. The first kappa shape index (κ1) is 16.8. The van der Waals surface area contributed by atoms with Gasteiger partial charge in [0.25, 0.3) is 0 Å². The fraction of sp³-hybridized carbons (Fsp3) is 0.556. The van der Waals surface area contributed by atoms with E-state index in [0.29, 0.717) is 24.7 Å². The highest BCUT2D eigenvalue weighted by Crippen LogP contribution is 2.48. The summed E-state index contributed by atoms with van der Waals surface area (Å²) in [5.41, 5.74) is -0.931. The van der Waals surface area contributed by atoms with Crippen molar-refractivity contribution in [2.45, 2.75) is 38.9 Å². The van der Waals surface area contributed by atoms with Gasteiger partial charge in [-0.2, -0.15) is 5.26 Å². The van der Waals surface area contributed by atoms with Crippen molar-refractivity contribution in [2.75, 3.05) is 7.11 Å². The summed E-state index contributed by atoms with van der Waals surface area (Å²) in [4.78, 5) is 12.1. The molecule has 0 aliphatic heterocycles. The van der Waals surface area contributed by atoms with Crippen LogP contribution in [0.15, 0.2) is 30.3 Å². The van der Waals surface area contributed by atoms with Gasteiger partial charge in [0, 0.05) is 0 Å². The summed E-state index contributed by atoms with van der Waals surface area (Å²) >= 11 is 0. The van der Waals surface area contributed by atoms with Crippen molar-refractivity contribution in [1.29, 1.82) is 5.26 Å². The molecule has 3 atom stereocenters. The molecular weight excluding hydrogens is 290 g/mol. The SMILES string of the molecule is COC(=O)[C@]1(C#N)C[C@@H](C[Si](C)(C)c2ccccc2)[C@H](C)C1. The third-order valence-electron chi connectivity index (χ3n) is 5.20. The molecule has 0 spiro atoms. The first-order valence-corrected chi connectivity index (χ1v) is 11.1. The Bertz CT molecular complexity index is 578. The molecule has 0 bridgehead atoms. The number of nitriles is 1. The predicted molar refractivity (Wildman–Crippen MR) is 90.3 cm³/mol. The van der Waals surface area contributed by atoms with E-state index in [1.54, 1.807) is 0 Å². The summed E-state index contributed by atoms with van der Waals surface area (Å²) in [6, 6.07) is 14.0. The monoisotopic (exact) mass is 315 g/mol. The molecule has 1 aromatic rings. The van der Waals surface area contributed by atoms with Gasteiger partial charge in [-0.1, -0.05) is 61.6 Å². The van der Waals surface area contributed by atoms with Crippen LogP contribution < -0.4 is 5.19 Å². The maximum atomic E-state index is 12.1. The highest BCUT2D eigenvalue weighted by Gasteiger charge is 2.51. The maximum absolute atomic E-state index is 12.1. The molecule has 0 saturated heterocycles. The number of esters is 1. The second-order valence-corrected chi connectivity index (χ2v) is 12.0. The summed E-state index contributed by atoms with van der Waals surface area (Å²) in [7, 11) is -0.191. The zero-order valence-corrected chi connectivity index (χ0v) is 14.9. The van der Waals surface area contributed by atoms with Crippen LogP contribution in [0.5, 0.6) is 0 Å². The lowest BCUT2D eigenvalue weighted by Crippen LogP contribution is -2.43. The van der Waals surface area contributed by atoms with E-state index in [1.165, 1.54) is 12.3 Å². The van der Waals surface area contributed by atoms with Crippen molar-refractivity contribution in [3.05, 3.63) is 30.3 Å². The van der Waals surface area contributed by atoms with Crippen LogP contribution in [0.3, 0.4) is 0 Å². The van der Waals surface area contributed by atoms with Gasteiger partial charge in [-0.25, -0.2) is 0 Å². The Hall–Kier alpha value is -1.60. The minimum Gasteiger partial charge on any atom is -0.468 e. The summed E-state index contributed by atoms with van der Waals surface area (Å²) in [6.07, 6.45) is 1.26. The fourth-order valence-electron chi connectivity index (χ4n) is 3.88. The van der Waals surface area contributed by atoms with Crippen molar-refractivity contribution >= 4 is 19.2 Å². The molecule has 0 N–H and O–H groups in total. The Kier molecular flexibility index (Phi) is 4.77. The minimum absolute atomic E-state index is 0.358. The molecular formula is C18H25NO2Si. The quantitative estimate of drug-likeness (QED) is 0.632. The van der Waals surface area contributed by atoms with Crippen LogP contribution in [-0.4, -0.2) is 21.2 Å². The van der Waals surface area contributed by atoms with Crippen LogP contribution in [0.25, 0.3) is 0 Å². The highest BCUT2D eigenvalue weighted by atomic mass is 28.3. The third kappa shape index (κ3) is 3.10. The molecule has 4 heteroatoms. The van der Waals surface area contributed by atoms with Gasteiger partial charge in [0.2, 0.25) is 0 Å². The van der Waals surface area contributed by atoms with Gasteiger partial charge in [0.15, 0.2) is 5.41 Å². The zero-order valence-electron chi connectivity index (χ0n) is 13.9. The molecule has 0 unspecified atom stereocenters. The van der Waals surface area contributed by atoms with Crippen LogP contribution >= 0.6 is 0 Å². The Labute approximate surface area is 134 Å². The average Bonchev–Trinajstić information content (AvgIpc) is 2.84. The van der Waals surface area contributed by atoms with E-state index in [1.807, 2.05) is 6.07 Å². The van der Waals surface area contributed by atoms with Crippen molar-refractivity contribution in [3.8, 4) is 6.07 Å². The zero-order chi connectivity index (χ0) is 16.4. The van der Waals surface area contributed by atoms with E-state index in [9.17, 15) is 10.1 Å². The van der Waals surface area contributed by atoms with E-state index in [-0.39, 0.29) is 5.97 Å². The number of carbonyl (C=O) groups excluding carboxylic acids is 1. The lowest BCUT2D eigenvalue weighted by molar-refractivity contribution is -0.149. The van der Waals surface area contributed by atoms with Crippen LogP contribution in [0.1, 0.15) is 19.8 Å². The molecule has 0 heterocycles. The first-order valence-electron chi connectivity index (χ1n) is 7.90. The first-order chi connectivity index (χ1) is 10.3. The molecule has 1 saturated carbocycles. The number of ether oxygens (including phenoxy) is 1. The topological polar surface area (TPSA) is 50.1 Å². The summed E-state index contributed by atoms with van der Waals surface area (Å²) in [6.45, 7) is 6.92. The van der Waals surface area contributed by atoms with Crippen molar-refractivity contribution in [1.82, 2.24) is 0 Å². The second kappa shape index (κ2) is 6.25. The van der Waals surface area contributed by atoms with E-state index in [4.69, 9.17) is 4.74 Å². The standard InChI is InChI=1S/C18H25NO2Si/c1-14-10-18(13-19,17(20)21-2)11-15(14)12-22(3,4)16-8-6-5-7-9-16/h5-9,14-15H,10-12H2,1-4H3/t14-,15+,18+/m1/s1. The molecule has 0 radical (unpaired) electrons. The van der Waals surface area contributed by atoms with Gasteiger partial charge >= 0.3 is 5.97 Å². The number of carbonyl (C=O) groups is 1. The van der Waals surface area contributed by atoms with Gasteiger partial charge in [0.05, 0.1) is 21.3 Å². The second-order valence-electron chi connectivity index (χ2n) is 7.29. The van der Waals surface area contributed by atoms with Crippen LogP contribution in [-0.2, 0) is 9.53 Å². The Morgan fingerprint density at radius 3 is 2.55 bits per heavy atom. The summed E-state index contributed by atoms with van der Waals surface area (Å²) < 4.78 is 4.89. The smallest absolute Gasteiger partial charge is 0.326 e. The molecule has 22 heavy (non-hydrogen) atoms. The van der Waals surface area contributed by atoms with Gasteiger partial charge in [-0.05, 0) is 24.7 Å². The summed E-state index contributed by atoms with van der Waals surface area (Å²) in [5, 5.41) is 11.0. The number of rotatable bonds is 4. The fourth-order valence-corrected chi connectivity index (χ4v) is 7.07. The van der Waals surface area contributed by atoms with Crippen molar-refractivity contribution in [2.24, 2.45) is 17.3 Å². The minimum atomic E-state index is -1.57. The molecule has 1 aliphatic rings. The molecule has 3 nitrogen and oxygen atoms in total. The third-order valence-corrected chi connectivity index (χ3v) is 8.65. The maximum Gasteiger partial charge on any atom is 0.326 e. The number of hydrogen-bond acceptors (Lipinski definition) is 3. The van der Waals surface area contributed by atoms with Gasteiger partial charge < -0.3 is 4.74 Å². The average molecular weight is 315 g/mol. The lowest BCUT2D eigenvalue weighted by Gasteiger charge is -2.28. The van der Waals surface area contributed by atoms with E-state index in [0.717, 1.165) is 6.04 Å². The van der Waals surface area contributed by atoms with Crippen molar-refractivity contribution < 1.29 is 9.53 Å². The molecule has 1 aliphatic carbocycles. The largest absolute Gasteiger partial charge is 0.468 e. The van der Waals surface area contributed by atoms with Crippen LogP contribution in [0, 0.1) is 28.6 Å². The van der Waals surface area contributed by atoms with Crippen LogP contribution in [0.2, 0.25) is 19.1 Å². The molecule has 0 amide bonds. The highest BCUT2D eigenvalue weighted by molar-refractivity contribution is 6.89. The van der Waals surface area contributed by atoms with Gasteiger partial charge in [-0.3, -0.25) is 4.79 Å².